The first-order valence-corrected chi connectivity index (χ1v) is 8.24. The predicted molar refractivity (Wildman–Crippen MR) is 81.7 cm³/mol. The number of thiophene rings is 1. The van der Waals surface area contributed by atoms with Crippen LogP contribution in [0.25, 0.3) is 0 Å². The molecule has 0 radical (unpaired) electrons. The molecule has 0 bridgehead atoms. The number of fused-ring (bicyclic) bond motifs is 1. The smallest absolute Gasteiger partial charge is 0.341 e. The molecule has 0 aromatic carbocycles. The maximum atomic E-state index is 12.1. The molecule has 3 rings (SSSR count). The zero-order valence-electron chi connectivity index (χ0n) is 12.2. The molecule has 0 spiro atoms. The fourth-order valence-electron chi connectivity index (χ4n) is 2.88. The summed E-state index contributed by atoms with van der Waals surface area (Å²) in [5.41, 5.74) is 1.59. The van der Waals surface area contributed by atoms with Gasteiger partial charge in [-0.25, -0.2) is 4.79 Å². The minimum atomic E-state index is -0.353. The summed E-state index contributed by atoms with van der Waals surface area (Å²) in [5, 5.41) is 6.87. The molecule has 5 nitrogen and oxygen atoms in total. The fourth-order valence-corrected chi connectivity index (χ4v) is 4.10. The van der Waals surface area contributed by atoms with Gasteiger partial charge in [-0.15, -0.1) is 11.3 Å². The molecule has 1 aromatic heterocycles. The van der Waals surface area contributed by atoms with Crippen molar-refractivity contribution in [3.05, 3.63) is 16.0 Å². The third-order valence-electron chi connectivity index (χ3n) is 4.27. The van der Waals surface area contributed by atoms with E-state index in [1.165, 1.54) is 24.9 Å². The van der Waals surface area contributed by atoms with E-state index in [4.69, 9.17) is 4.74 Å². The van der Waals surface area contributed by atoms with Crippen LogP contribution in [0.5, 0.6) is 0 Å². The largest absolute Gasteiger partial charge is 0.465 e. The van der Waals surface area contributed by atoms with Crippen LogP contribution in [-0.4, -0.2) is 25.5 Å². The van der Waals surface area contributed by atoms with E-state index >= 15 is 0 Å². The van der Waals surface area contributed by atoms with E-state index in [1.54, 1.807) is 0 Å². The molecule has 2 N–H and O–H groups in total. The van der Waals surface area contributed by atoms with Crippen LogP contribution in [0.1, 0.15) is 46.5 Å². The summed E-state index contributed by atoms with van der Waals surface area (Å²) in [6, 6.07) is 0. The number of hydrogen-bond donors (Lipinski definition) is 2. The van der Waals surface area contributed by atoms with Crippen LogP contribution in [0.2, 0.25) is 0 Å². The lowest BCUT2D eigenvalue weighted by atomic mass is 9.83. The number of hydrogen-bond acceptors (Lipinski definition) is 5. The molecule has 1 fully saturated rings. The standard InChI is InChI=1S/C15H20N2O3S/c1-20-15(19)13-10-5-6-16-8-11(10)21-14(13)17-12(18)7-9-3-2-4-9/h9,16H,2-8H2,1H3,(H,17,18). The third-order valence-corrected chi connectivity index (χ3v) is 5.42. The van der Waals surface area contributed by atoms with Crippen molar-refractivity contribution >= 4 is 28.2 Å². The van der Waals surface area contributed by atoms with Gasteiger partial charge in [0.25, 0.3) is 0 Å². The maximum absolute atomic E-state index is 12.1. The molecule has 1 saturated carbocycles. The van der Waals surface area contributed by atoms with Gasteiger partial charge < -0.3 is 15.4 Å². The molecule has 1 amide bonds. The zero-order chi connectivity index (χ0) is 14.8. The van der Waals surface area contributed by atoms with Crippen molar-refractivity contribution in [2.45, 2.75) is 38.6 Å². The molecule has 0 atom stereocenters. The summed E-state index contributed by atoms with van der Waals surface area (Å²) in [5.74, 6) is 0.174. The molecule has 0 unspecified atom stereocenters. The number of carbonyl (C=O) groups is 2. The van der Waals surface area contributed by atoms with Crippen LogP contribution in [0.4, 0.5) is 5.00 Å². The quantitative estimate of drug-likeness (QED) is 0.838. The normalized spacial score (nSPS) is 17.8. The highest BCUT2D eigenvalue weighted by Crippen LogP contribution is 2.36. The van der Waals surface area contributed by atoms with Gasteiger partial charge in [0.2, 0.25) is 5.91 Å². The fraction of sp³-hybridized carbons (Fsp3) is 0.600. The highest BCUT2D eigenvalue weighted by Gasteiger charge is 2.28. The number of esters is 1. The van der Waals surface area contributed by atoms with Crippen LogP contribution in [0.3, 0.4) is 0 Å². The van der Waals surface area contributed by atoms with Gasteiger partial charge in [-0.3, -0.25) is 4.79 Å². The summed E-state index contributed by atoms with van der Waals surface area (Å²) < 4.78 is 4.89. The summed E-state index contributed by atoms with van der Waals surface area (Å²) in [6.45, 7) is 1.60. The Morgan fingerprint density at radius 3 is 2.90 bits per heavy atom. The van der Waals surface area contributed by atoms with E-state index in [-0.39, 0.29) is 11.9 Å². The van der Waals surface area contributed by atoms with E-state index in [0.29, 0.717) is 22.9 Å². The van der Waals surface area contributed by atoms with Gasteiger partial charge in [-0.05, 0) is 37.3 Å². The molecule has 2 heterocycles. The van der Waals surface area contributed by atoms with Gasteiger partial charge in [-0.1, -0.05) is 6.42 Å². The van der Waals surface area contributed by atoms with E-state index in [0.717, 1.165) is 42.8 Å². The highest BCUT2D eigenvalue weighted by atomic mass is 32.1. The zero-order valence-corrected chi connectivity index (χ0v) is 13.0. The second kappa shape index (κ2) is 6.15. The van der Waals surface area contributed by atoms with Crippen LogP contribution in [0.15, 0.2) is 0 Å². The van der Waals surface area contributed by atoms with Gasteiger partial charge in [0, 0.05) is 17.8 Å². The van der Waals surface area contributed by atoms with E-state index in [9.17, 15) is 9.59 Å². The summed E-state index contributed by atoms with van der Waals surface area (Å²) >= 11 is 1.49. The van der Waals surface area contributed by atoms with Gasteiger partial charge in [0.15, 0.2) is 0 Å². The molecular weight excluding hydrogens is 288 g/mol. The summed E-state index contributed by atoms with van der Waals surface area (Å²) in [7, 11) is 1.38. The highest BCUT2D eigenvalue weighted by molar-refractivity contribution is 7.17. The van der Waals surface area contributed by atoms with E-state index in [2.05, 4.69) is 10.6 Å². The minimum absolute atomic E-state index is 0.0106. The van der Waals surface area contributed by atoms with E-state index < -0.39 is 0 Å². The van der Waals surface area contributed by atoms with Crippen molar-refractivity contribution in [3.63, 3.8) is 0 Å². The molecule has 2 aliphatic rings. The predicted octanol–water partition coefficient (Wildman–Crippen LogP) is 2.31. The van der Waals surface area contributed by atoms with E-state index in [1.807, 2.05) is 0 Å². The lowest BCUT2D eigenvalue weighted by Gasteiger charge is -2.24. The number of methoxy groups -OCH3 is 1. The maximum Gasteiger partial charge on any atom is 0.341 e. The Balaban J connectivity index is 1.81. The number of carbonyl (C=O) groups excluding carboxylic acids is 2. The lowest BCUT2D eigenvalue weighted by Crippen LogP contribution is -2.24. The number of rotatable bonds is 4. The van der Waals surface area contributed by atoms with Gasteiger partial charge >= 0.3 is 5.97 Å². The molecule has 1 aromatic rings. The Hall–Kier alpha value is -1.40. The number of ether oxygens (including phenoxy) is 1. The van der Waals surface area contributed by atoms with Crippen LogP contribution >= 0.6 is 11.3 Å². The molecule has 1 aliphatic carbocycles. The topological polar surface area (TPSA) is 67.4 Å². The van der Waals surface area contributed by atoms with Crippen molar-refractivity contribution in [2.24, 2.45) is 5.92 Å². The van der Waals surface area contributed by atoms with Gasteiger partial charge in [-0.2, -0.15) is 0 Å². The van der Waals surface area contributed by atoms with Crippen molar-refractivity contribution in [3.8, 4) is 0 Å². The average molecular weight is 308 g/mol. The monoisotopic (exact) mass is 308 g/mol. The van der Waals surface area contributed by atoms with Crippen molar-refractivity contribution < 1.29 is 14.3 Å². The first-order valence-electron chi connectivity index (χ1n) is 7.42. The van der Waals surface area contributed by atoms with Gasteiger partial charge in [0.1, 0.15) is 5.00 Å². The Bertz CT molecular complexity index is 564. The van der Waals surface area contributed by atoms with Crippen LogP contribution in [0, 0.1) is 5.92 Å². The van der Waals surface area contributed by atoms with Crippen molar-refractivity contribution in [1.29, 1.82) is 0 Å². The molecule has 114 valence electrons. The Kier molecular flexibility index (Phi) is 4.26. The number of nitrogens with one attached hydrogen (secondary N) is 2. The third kappa shape index (κ3) is 2.96. The number of anilines is 1. The Morgan fingerprint density at radius 1 is 1.43 bits per heavy atom. The minimum Gasteiger partial charge on any atom is -0.465 e. The average Bonchev–Trinajstić information content (AvgIpc) is 2.80. The number of amides is 1. The molecule has 21 heavy (non-hydrogen) atoms. The second-order valence-corrected chi connectivity index (χ2v) is 6.78. The van der Waals surface area contributed by atoms with Crippen LogP contribution < -0.4 is 10.6 Å². The van der Waals surface area contributed by atoms with Crippen molar-refractivity contribution in [1.82, 2.24) is 5.32 Å². The molecular formula is C15H20N2O3S. The van der Waals surface area contributed by atoms with Gasteiger partial charge in [0.05, 0.1) is 12.7 Å². The Morgan fingerprint density at radius 2 is 2.24 bits per heavy atom. The molecule has 6 heteroatoms. The molecule has 0 saturated heterocycles. The summed E-state index contributed by atoms with van der Waals surface area (Å²) in [4.78, 5) is 25.3. The van der Waals surface area contributed by atoms with Crippen molar-refractivity contribution in [2.75, 3.05) is 19.0 Å². The summed E-state index contributed by atoms with van der Waals surface area (Å²) in [6.07, 6.45) is 4.87. The van der Waals surface area contributed by atoms with Crippen LogP contribution in [-0.2, 0) is 22.5 Å². The first kappa shape index (κ1) is 14.5. The lowest BCUT2D eigenvalue weighted by molar-refractivity contribution is -0.117. The SMILES string of the molecule is COC(=O)c1c(NC(=O)CC2CCC2)sc2c1CCNC2. The molecule has 1 aliphatic heterocycles. The first-order chi connectivity index (χ1) is 10.2. The Labute approximate surface area is 128 Å². The second-order valence-electron chi connectivity index (χ2n) is 5.68.